The van der Waals surface area contributed by atoms with E-state index in [4.69, 9.17) is 18.9 Å². The van der Waals surface area contributed by atoms with Crippen LogP contribution in [0.15, 0.2) is 41.3 Å². The van der Waals surface area contributed by atoms with Crippen LogP contribution < -0.4 is 14.8 Å². The van der Waals surface area contributed by atoms with Crippen LogP contribution in [0.3, 0.4) is 0 Å². The number of esters is 1. The van der Waals surface area contributed by atoms with Gasteiger partial charge in [-0.3, -0.25) is 4.79 Å². The van der Waals surface area contributed by atoms with Crippen molar-refractivity contribution in [3.05, 3.63) is 47.8 Å². The Labute approximate surface area is 189 Å². The first-order valence-electron chi connectivity index (χ1n) is 10.0. The second-order valence-electron chi connectivity index (χ2n) is 7.27. The Kier molecular flexibility index (Phi) is 6.49. The van der Waals surface area contributed by atoms with E-state index in [9.17, 15) is 22.4 Å². The average molecular weight is 480 g/mol. The van der Waals surface area contributed by atoms with E-state index >= 15 is 0 Å². The van der Waals surface area contributed by atoms with Gasteiger partial charge in [0.25, 0.3) is 5.91 Å². The minimum Gasteiger partial charge on any atom is -0.454 e. The number of carbonyl (C=O) groups excluding carboxylic acids is 2. The Morgan fingerprint density at radius 2 is 1.82 bits per heavy atom. The molecule has 33 heavy (non-hydrogen) atoms. The van der Waals surface area contributed by atoms with Crippen molar-refractivity contribution in [2.24, 2.45) is 0 Å². The summed E-state index contributed by atoms with van der Waals surface area (Å²) in [6.45, 7) is 1.98. The lowest BCUT2D eigenvalue weighted by atomic mass is 10.2. The molecular formula is C21H21FN2O8S. The van der Waals surface area contributed by atoms with Gasteiger partial charge in [-0.15, -0.1) is 0 Å². The molecule has 176 valence electrons. The van der Waals surface area contributed by atoms with E-state index in [1.807, 2.05) is 0 Å². The molecular weight excluding hydrogens is 459 g/mol. The number of halogens is 1. The number of amides is 1. The van der Waals surface area contributed by atoms with E-state index in [2.05, 4.69) is 5.32 Å². The van der Waals surface area contributed by atoms with Crippen molar-refractivity contribution in [1.82, 2.24) is 4.31 Å². The molecule has 1 N–H and O–H groups in total. The largest absolute Gasteiger partial charge is 0.454 e. The highest BCUT2D eigenvalue weighted by Crippen LogP contribution is 2.34. The molecule has 2 aliphatic rings. The lowest BCUT2D eigenvalue weighted by Crippen LogP contribution is -2.41. The van der Waals surface area contributed by atoms with Crippen LogP contribution in [0.5, 0.6) is 11.5 Å². The van der Waals surface area contributed by atoms with Crippen molar-refractivity contribution < 1.29 is 41.3 Å². The van der Waals surface area contributed by atoms with Gasteiger partial charge < -0.3 is 24.3 Å². The number of anilines is 1. The van der Waals surface area contributed by atoms with Crippen molar-refractivity contribution in [2.45, 2.75) is 17.9 Å². The highest BCUT2D eigenvalue weighted by atomic mass is 32.2. The molecule has 2 aromatic carbocycles. The Morgan fingerprint density at radius 1 is 1.09 bits per heavy atom. The number of fused-ring (bicyclic) bond motifs is 1. The summed E-state index contributed by atoms with van der Waals surface area (Å²) in [5, 5.41) is 2.59. The van der Waals surface area contributed by atoms with Gasteiger partial charge in [0.2, 0.25) is 16.8 Å². The van der Waals surface area contributed by atoms with Crippen molar-refractivity contribution in [3.8, 4) is 11.5 Å². The first-order chi connectivity index (χ1) is 15.8. The zero-order valence-electron chi connectivity index (χ0n) is 17.6. The molecule has 0 aromatic heterocycles. The van der Waals surface area contributed by atoms with Crippen LogP contribution in [-0.4, -0.2) is 63.8 Å². The van der Waals surface area contributed by atoms with Gasteiger partial charge in [0.15, 0.2) is 17.6 Å². The summed E-state index contributed by atoms with van der Waals surface area (Å²) >= 11 is 0. The number of hydrogen-bond acceptors (Lipinski definition) is 8. The fourth-order valence-corrected chi connectivity index (χ4v) is 4.75. The van der Waals surface area contributed by atoms with Crippen LogP contribution in [0.1, 0.15) is 17.3 Å². The summed E-state index contributed by atoms with van der Waals surface area (Å²) in [6.07, 6.45) is -1.22. The van der Waals surface area contributed by atoms with E-state index in [-0.39, 0.29) is 38.7 Å². The fourth-order valence-electron chi connectivity index (χ4n) is 3.25. The number of nitrogens with zero attached hydrogens (tertiary/aromatic N) is 1. The molecule has 2 heterocycles. The maximum atomic E-state index is 14.3. The van der Waals surface area contributed by atoms with Crippen LogP contribution in [0.2, 0.25) is 0 Å². The molecule has 4 rings (SSSR count). The second kappa shape index (κ2) is 9.33. The molecule has 0 spiro atoms. The van der Waals surface area contributed by atoms with E-state index in [1.54, 1.807) is 18.2 Å². The smallest absolute Gasteiger partial charge is 0.338 e. The van der Waals surface area contributed by atoms with Gasteiger partial charge in [0, 0.05) is 24.8 Å². The molecule has 12 heteroatoms. The minimum absolute atomic E-state index is 0.0769. The van der Waals surface area contributed by atoms with Crippen LogP contribution in [0.4, 0.5) is 10.1 Å². The number of morpholine rings is 1. The van der Waals surface area contributed by atoms with Gasteiger partial charge in [-0.2, -0.15) is 4.31 Å². The van der Waals surface area contributed by atoms with Gasteiger partial charge in [-0.1, -0.05) is 0 Å². The van der Waals surface area contributed by atoms with Gasteiger partial charge in [0.1, 0.15) is 10.7 Å². The van der Waals surface area contributed by atoms with Crippen molar-refractivity contribution in [2.75, 3.05) is 38.4 Å². The van der Waals surface area contributed by atoms with Crippen molar-refractivity contribution in [1.29, 1.82) is 0 Å². The average Bonchev–Trinajstić information content (AvgIpc) is 3.27. The Morgan fingerprint density at radius 3 is 2.58 bits per heavy atom. The number of hydrogen-bond donors (Lipinski definition) is 1. The molecule has 2 aliphatic heterocycles. The molecule has 2 aromatic rings. The number of ether oxygens (including phenoxy) is 4. The van der Waals surface area contributed by atoms with Gasteiger partial charge in [-0.05, 0) is 37.3 Å². The standard InChI is InChI=1S/C21H21FN2O8S/c1-13(20(25)23-15-3-5-17-18(11-15)31-12-30-17)32-21(26)14-2-4-16(22)19(10-14)33(27,28)24-6-8-29-9-7-24/h2-5,10-11,13H,6-9,12H2,1H3,(H,23,25)/t13-/m1/s1. The SMILES string of the molecule is C[C@@H](OC(=O)c1ccc(F)c(S(=O)(=O)N2CCOCC2)c1)C(=O)Nc1ccc2c(c1)OCO2. The number of carbonyl (C=O) groups is 2. The number of rotatable bonds is 6. The van der Waals surface area contributed by atoms with E-state index in [1.165, 1.54) is 6.92 Å². The minimum atomic E-state index is -4.17. The highest BCUT2D eigenvalue weighted by molar-refractivity contribution is 7.89. The number of sulfonamides is 1. The Hall–Kier alpha value is -3.22. The predicted octanol–water partition coefficient (Wildman–Crippen LogP) is 1.76. The van der Waals surface area contributed by atoms with E-state index in [0.717, 1.165) is 22.5 Å². The zero-order valence-corrected chi connectivity index (χ0v) is 18.4. The molecule has 0 radical (unpaired) electrons. The van der Waals surface area contributed by atoms with E-state index in [0.29, 0.717) is 17.2 Å². The second-order valence-corrected chi connectivity index (χ2v) is 9.17. The monoisotopic (exact) mass is 480 g/mol. The van der Waals surface area contributed by atoms with Crippen LogP contribution in [0, 0.1) is 5.82 Å². The summed E-state index contributed by atoms with van der Waals surface area (Å²) in [6, 6.07) is 7.68. The molecule has 0 saturated carbocycles. The quantitative estimate of drug-likeness (QED) is 0.621. The van der Waals surface area contributed by atoms with Crippen molar-refractivity contribution >= 4 is 27.6 Å². The first kappa shape index (κ1) is 23.0. The molecule has 0 bridgehead atoms. The number of nitrogens with one attached hydrogen (secondary N) is 1. The highest BCUT2D eigenvalue weighted by Gasteiger charge is 2.30. The predicted molar refractivity (Wildman–Crippen MR) is 112 cm³/mol. The van der Waals surface area contributed by atoms with Crippen LogP contribution in [-0.2, 0) is 24.3 Å². The molecule has 10 nitrogen and oxygen atoms in total. The van der Waals surface area contributed by atoms with Gasteiger partial charge in [-0.25, -0.2) is 17.6 Å². The molecule has 1 fully saturated rings. The zero-order chi connectivity index (χ0) is 23.6. The van der Waals surface area contributed by atoms with Crippen LogP contribution >= 0.6 is 0 Å². The first-order valence-corrected chi connectivity index (χ1v) is 11.5. The Bertz CT molecular complexity index is 1180. The van der Waals surface area contributed by atoms with Gasteiger partial charge in [0.05, 0.1) is 18.8 Å². The summed E-state index contributed by atoms with van der Waals surface area (Å²) in [4.78, 5) is 24.3. The lowest BCUT2D eigenvalue weighted by Gasteiger charge is -2.26. The number of benzene rings is 2. The maximum Gasteiger partial charge on any atom is 0.338 e. The fraction of sp³-hybridized carbons (Fsp3) is 0.333. The third kappa shape index (κ3) is 4.92. The summed E-state index contributed by atoms with van der Waals surface area (Å²) in [7, 11) is -4.17. The molecule has 0 unspecified atom stereocenters. The molecule has 0 aliphatic carbocycles. The summed E-state index contributed by atoms with van der Waals surface area (Å²) < 4.78 is 61.8. The van der Waals surface area contributed by atoms with Gasteiger partial charge >= 0.3 is 5.97 Å². The van der Waals surface area contributed by atoms with E-state index < -0.39 is 38.7 Å². The van der Waals surface area contributed by atoms with Crippen molar-refractivity contribution in [3.63, 3.8) is 0 Å². The summed E-state index contributed by atoms with van der Waals surface area (Å²) in [5.41, 5.74) is 0.207. The normalized spacial score (nSPS) is 16.8. The lowest BCUT2D eigenvalue weighted by molar-refractivity contribution is -0.123. The molecule has 1 amide bonds. The molecule has 1 saturated heterocycles. The topological polar surface area (TPSA) is 120 Å². The third-order valence-electron chi connectivity index (χ3n) is 5.05. The molecule has 1 atom stereocenters. The maximum absolute atomic E-state index is 14.3. The third-order valence-corrected chi connectivity index (χ3v) is 6.96. The Balaban J connectivity index is 1.44. The summed E-state index contributed by atoms with van der Waals surface area (Å²) in [5.74, 6) is -1.57. The van der Waals surface area contributed by atoms with Crippen LogP contribution in [0.25, 0.3) is 0 Å².